The summed E-state index contributed by atoms with van der Waals surface area (Å²) < 4.78 is 4.91. The van der Waals surface area contributed by atoms with Crippen LogP contribution in [0.2, 0.25) is 0 Å². The van der Waals surface area contributed by atoms with Crippen molar-refractivity contribution >= 4 is 11.8 Å². The van der Waals surface area contributed by atoms with E-state index >= 15 is 0 Å². The van der Waals surface area contributed by atoms with E-state index in [-0.39, 0.29) is 18.4 Å². The van der Waals surface area contributed by atoms with Crippen LogP contribution >= 0.6 is 0 Å². The van der Waals surface area contributed by atoms with E-state index in [0.29, 0.717) is 13.1 Å². The molecule has 1 heterocycles. The van der Waals surface area contributed by atoms with Gasteiger partial charge in [0.1, 0.15) is 12.6 Å². The Morgan fingerprint density at radius 3 is 2.65 bits per heavy atom. The number of carbonyl (C=O) groups excluding carboxylic acids is 2. The van der Waals surface area contributed by atoms with Gasteiger partial charge in [-0.15, -0.1) is 0 Å². The van der Waals surface area contributed by atoms with Crippen molar-refractivity contribution in [1.29, 1.82) is 0 Å². The Hall–Kier alpha value is -1.92. The van der Waals surface area contributed by atoms with Gasteiger partial charge >= 0.3 is 0 Å². The van der Waals surface area contributed by atoms with Crippen LogP contribution in [0.4, 0.5) is 0 Å². The molecule has 0 spiro atoms. The molecule has 0 unspecified atom stereocenters. The number of ether oxygens (including phenoxy) is 1. The van der Waals surface area contributed by atoms with E-state index in [4.69, 9.17) is 4.74 Å². The number of methoxy groups -OCH3 is 1. The molecule has 1 aromatic rings. The maximum Gasteiger partial charge on any atom is 0.249 e. The minimum absolute atomic E-state index is 0.0114. The van der Waals surface area contributed by atoms with E-state index in [1.165, 1.54) is 12.7 Å². The zero-order chi connectivity index (χ0) is 16.7. The van der Waals surface area contributed by atoms with E-state index < -0.39 is 6.04 Å². The van der Waals surface area contributed by atoms with E-state index in [1.807, 2.05) is 18.2 Å². The Kier molecular flexibility index (Phi) is 6.55. The number of benzene rings is 1. The van der Waals surface area contributed by atoms with Crippen molar-refractivity contribution in [3.63, 3.8) is 0 Å². The number of nitrogens with one attached hydrogen (secondary N) is 1. The molecule has 23 heavy (non-hydrogen) atoms. The molecule has 6 heteroatoms. The number of piperazine rings is 1. The predicted octanol–water partition coefficient (Wildman–Crippen LogP) is 0.134. The molecule has 2 rings (SSSR count). The van der Waals surface area contributed by atoms with Gasteiger partial charge in [0.05, 0.1) is 0 Å². The molecule has 1 atom stereocenters. The van der Waals surface area contributed by atoms with Gasteiger partial charge in [0, 0.05) is 40.3 Å². The van der Waals surface area contributed by atoms with Gasteiger partial charge in [-0.05, 0) is 12.0 Å². The van der Waals surface area contributed by atoms with Crippen molar-refractivity contribution in [1.82, 2.24) is 15.1 Å². The average Bonchev–Trinajstić information content (AvgIpc) is 2.60. The first kappa shape index (κ1) is 17.4. The van der Waals surface area contributed by atoms with Crippen molar-refractivity contribution in [3.8, 4) is 0 Å². The zero-order valence-corrected chi connectivity index (χ0v) is 13.8. The number of hydrogen-bond donors (Lipinski definition) is 1. The van der Waals surface area contributed by atoms with Gasteiger partial charge in [-0.1, -0.05) is 30.3 Å². The number of nitrogens with zero attached hydrogens (tertiary/aromatic N) is 2. The van der Waals surface area contributed by atoms with Crippen LogP contribution in [0.1, 0.15) is 5.56 Å². The van der Waals surface area contributed by atoms with Crippen LogP contribution in [-0.4, -0.2) is 74.6 Å². The molecule has 6 nitrogen and oxygen atoms in total. The molecular weight excluding hydrogens is 294 g/mol. The van der Waals surface area contributed by atoms with Gasteiger partial charge in [-0.25, -0.2) is 0 Å². The molecule has 0 aliphatic carbocycles. The summed E-state index contributed by atoms with van der Waals surface area (Å²) in [6.07, 6.45) is 0.938. The fraction of sp³-hybridized carbons (Fsp3) is 0.529. The SMILES string of the molecule is CNC(=O)[C@H]1CN(CCc2ccccc2)CCN1C(=O)COC. The molecule has 1 fully saturated rings. The second-order valence-electron chi connectivity index (χ2n) is 5.69. The number of hydrogen-bond acceptors (Lipinski definition) is 4. The average molecular weight is 319 g/mol. The summed E-state index contributed by atoms with van der Waals surface area (Å²) in [5.74, 6) is -0.261. The molecular formula is C17H25N3O3. The fourth-order valence-electron chi connectivity index (χ4n) is 2.87. The molecule has 0 bridgehead atoms. The highest BCUT2D eigenvalue weighted by molar-refractivity contribution is 5.88. The predicted molar refractivity (Wildman–Crippen MR) is 88.0 cm³/mol. The summed E-state index contributed by atoms with van der Waals surface area (Å²) in [4.78, 5) is 28.1. The summed E-state index contributed by atoms with van der Waals surface area (Å²) in [7, 11) is 3.09. The van der Waals surface area contributed by atoms with Gasteiger partial charge in [0.2, 0.25) is 11.8 Å². The summed E-state index contributed by atoms with van der Waals surface area (Å²) >= 11 is 0. The lowest BCUT2D eigenvalue weighted by Crippen LogP contribution is -2.61. The van der Waals surface area contributed by atoms with Gasteiger partial charge in [-0.2, -0.15) is 0 Å². The topological polar surface area (TPSA) is 61.9 Å². The van der Waals surface area contributed by atoms with E-state index in [0.717, 1.165) is 19.5 Å². The first-order valence-electron chi connectivity index (χ1n) is 7.92. The first-order valence-corrected chi connectivity index (χ1v) is 7.92. The van der Waals surface area contributed by atoms with Gasteiger partial charge < -0.3 is 15.0 Å². The summed E-state index contributed by atoms with van der Waals surface area (Å²) in [6, 6.07) is 9.83. The second kappa shape index (κ2) is 8.64. The normalized spacial score (nSPS) is 18.7. The summed E-state index contributed by atoms with van der Waals surface area (Å²) in [5, 5.41) is 2.66. The number of likely N-dealkylation sites (N-methyl/N-ethyl adjacent to an activating group) is 1. The van der Waals surface area contributed by atoms with Gasteiger partial charge in [0.25, 0.3) is 0 Å². The lowest BCUT2D eigenvalue weighted by molar-refractivity contribution is -0.146. The molecule has 2 amide bonds. The van der Waals surface area contributed by atoms with Crippen LogP contribution in [0.25, 0.3) is 0 Å². The number of carbonyl (C=O) groups is 2. The number of amides is 2. The minimum Gasteiger partial charge on any atom is -0.375 e. The van der Waals surface area contributed by atoms with Crippen LogP contribution in [0.5, 0.6) is 0 Å². The minimum atomic E-state index is -0.452. The van der Waals surface area contributed by atoms with Crippen LogP contribution < -0.4 is 5.32 Å². The smallest absolute Gasteiger partial charge is 0.249 e. The van der Waals surface area contributed by atoms with E-state index in [1.54, 1.807) is 11.9 Å². The summed E-state index contributed by atoms with van der Waals surface area (Å²) in [5.41, 5.74) is 1.28. The molecule has 1 N–H and O–H groups in total. The fourth-order valence-corrected chi connectivity index (χ4v) is 2.87. The quantitative estimate of drug-likeness (QED) is 0.810. The monoisotopic (exact) mass is 319 g/mol. The van der Waals surface area contributed by atoms with Crippen LogP contribution in [0, 0.1) is 0 Å². The number of rotatable bonds is 6. The van der Waals surface area contributed by atoms with Gasteiger partial charge in [0.15, 0.2) is 0 Å². The highest BCUT2D eigenvalue weighted by atomic mass is 16.5. The van der Waals surface area contributed by atoms with Crippen LogP contribution in [0.3, 0.4) is 0 Å². The Morgan fingerprint density at radius 1 is 1.26 bits per heavy atom. The third kappa shape index (κ3) is 4.77. The van der Waals surface area contributed by atoms with E-state index in [2.05, 4.69) is 22.3 Å². The standard InChI is InChI=1S/C17H25N3O3/c1-18-17(22)15-12-19(9-8-14-6-4-3-5-7-14)10-11-20(15)16(21)13-23-2/h3-7,15H,8-13H2,1-2H3,(H,18,22)/t15-/m1/s1. The van der Waals surface area contributed by atoms with Crippen LogP contribution in [-0.2, 0) is 20.7 Å². The Bertz CT molecular complexity index is 521. The van der Waals surface area contributed by atoms with Gasteiger partial charge in [-0.3, -0.25) is 14.5 Å². The highest BCUT2D eigenvalue weighted by Gasteiger charge is 2.34. The molecule has 1 saturated heterocycles. The third-order valence-corrected chi connectivity index (χ3v) is 4.16. The summed E-state index contributed by atoms with van der Waals surface area (Å²) in [6.45, 7) is 2.77. The molecule has 1 aromatic carbocycles. The van der Waals surface area contributed by atoms with Crippen molar-refractivity contribution in [3.05, 3.63) is 35.9 Å². The maximum absolute atomic E-state index is 12.1. The van der Waals surface area contributed by atoms with Crippen molar-refractivity contribution in [2.45, 2.75) is 12.5 Å². The Balaban J connectivity index is 1.96. The lowest BCUT2D eigenvalue weighted by Gasteiger charge is -2.40. The van der Waals surface area contributed by atoms with Crippen LogP contribution in [0.15, 0.2) is 30.3 Å². The Morgan fingerprint density at radius 2 is 2.00 bits per heavy atom. The Labute approximate surface area is 137 Å². The van der Waals surface area contributed by atoms with E-state index in [9.17, 15) is 9.59 Å². The van der Waals surface area contributed by atoms with Crippen molar-refractivity contribution in [2.24, 2.45) is 0 Å². The molecule has 126 valence electrons. The highest BCUT2D eigenvalue weighted by Crippen LogP contribution is 2.12. The first-order chi connectivity index (χ1) is 11.2. The molecule has 0 saturated carbocycles. The lowest BCUT2D eigenvalue weighted by atomic mass is 10.1. The second-order valence-corrected chi connectivity index (χ2v) is 5.69. The third-order valence-electron chi connectivity index (χ3n) is 4.16. The molecule has 0 aromatic heterocycles. The molecule has 1 aliphatic rings. The van der Waals surface area contributed by atoms with Crippen molar-refractivity contribution < 1.29 is 14.3 Å². The molecule has 1 aliphatic heterocycles. The molecule has 0 radical (unpaired) electrons. The largest absolute Gasteiger partial charge is 0.375 e. The maximum atomic E-state index is 12.1. The van der Waals surface area contributed by atoms with Crippen molar-refractivity contribution in [2.75, 3.05) is 46.9 Å². The zero-order valence-electron chi connectivity index (χ0n) is 13.8.